The molecule has 1 aliphatic rings. The van der Waals surface area contributed by atoms with E-state index >= 15 is 0 Å². The van der Waals surface area contributed by atoms with E-state index in [1.54, 1.807) is 36.4 Å². The van der Waals surface area contributed by atoms with E-state index in [0.717, 1.165) is 9.80 Å². The highest BCUT2D eigenvalue weighted by molar-refractivity contribution is 6.39. The number of nitrogens with zero attached hydrogens (tertiary/aromatic N) is 2. The average Bonchev–Trinajstić information content (AvgIpc) is 2.65. The smallest absolute Gasteiger partial charge is 0.338 e. The van der Waals surface area contributed by atoms with Gasteiger partial charge >= 0.3 is 6.03 Å². The van der Waals surface area contributed by atoms with Crippen molar-refractivity contribution in [3.05, 3.63) is 59.7 Å². The Morgan fingerprint density at radius 3 is 2.31 bits per heavy atom. The van der Waals surface area contributed by atoms with Gasteiger partial charge in [0.15, 0.2) is 11.5 Å². The van der Waals surface area contributed by atoms with Crippen LogP contribution in [-0.4, -0.2) is 42.0 Å². The Bertz CT molecular complexity index is 921. The minimum atomic E-state index is -0.723. The first-order chi connectivity index (χ1) is 12.4. The minimum Gasteiger partial charge on any atom is -0.504 e. The van der Waals surface area contributed by atoms with Crippen molar-refractivity contribution in [3.8, 4) is 11.5 Å². The van der Waals surface area contributed by atoms with Crippen molar-refractivity contribution in [2.75, 3.05) is 19.1 Å². The second-order valence-electron chi connectivity index (χ2n) is 5.61. The minimum absolute atomic E-state index is 0.123. The lowest BCUT2D eigenvalue weighted by molar-refractivity contribution is -0.128. The van der Waals surface area contributed by atoms with Crippen LogP contribution in [0.3, 0.4) is 0 Å². The van der Waals surface area contributed by atoms with E-state index in [2.05, 4.69) is 0 Å². The zero-order chi connectivity index (χ0) is 18.8. The number of para-hydroxylation sites is 1. The number of benzene rings is 2. The summed E-state index contributed by atoms with van der Waals surface area (Å²) < 4.78 is 4.97. The van der Waals surface area contributed by atoms with Crippen LogP contribution in [0, 0.1) is 0 Å². The molecule has 1 heterocycles. The number of imide groups is 2. The molecule has 0 aromatic heterocycles. The van der Waals surface area contributed by atoms with Gasteiger partial charge in [0.2, 0.25) is 0 Å². The topological polar surface area (TPSA) is 87.2 Å². The molecule has 26 heavy (non-hydrogen) atoms. The number of amides is 4. The van der Waals surface area contributed by atoms with Crippen molar-refractivity contribution in [2.45, 2.75) is 0 Å². The quantitative estimate of drug-likeness (QED) is 0.677. The molecule has 0 aliphatic carbocycles. The molecule has 4 amide bonds. The number of hydrogen-bond acceptors (Lipinski definition) is 5. The van der Waals surface area contributed by atoms with Gasteiger partial charge in [-0.25, -0.2) is 9.69 Å². The molecule has 3 rings (SSSR count). The number of carbonyl (C=O) groups excluding carboxylic acids is 3. The third kappa shape index (κ3) is 2.90. The van der Waals surface area contributed by atoms with Gasteiger partial charge in [-0.15, -0.1) is 0 Å². The van der Waals surface area contributed by atoms with Gasteiger partial charge in [0.05, 0.1) is 12.8 Å². The Kier molecular flexibility index (Phi) is 4.45. The van der Waals surface area contributed by atoms with Gasteiger partial charge in [0.25, 0.3) is 11.8 Å². The number of methoxy groups -OCH3 is 1. The van der Waals surface area contributed by atoms with Crippen LogP contribution in [-0.2, 0) is 9.59 Å². The molecule has 1 aliphatic heterocycles. The fraction of sp³-hybridized carbons (Fsp3) is 0.105. The van der Waals surface area contributed by atoms with E-state index in [0.29, 0.717) is 11.3 Å². The SMILES string of the molecule is COc1ccc(/C=C2/C(=O)N(C)C(=O)N(c3ccccc3)C2=O)cc1O. The summed E-state index contributed by atoms with van der Waals surface area (Å²) in [6.07, 6.45) is 1.34. The molecule has 2 aromatic carbocycles. The molecular weight excluding hydrogens is 336 g/mol. The number of hydrogen-bond donors (Lipinski definition) is 1. The summed E-state index contributed by atoms with van der Waals surface area (Å²) in [5.74, 6) is -1.28. The van der Waals surface area contributed by atoms with Crippen LogP contribution in [0.15, 0.2) is 54.1 Å². The monoisotopic (exact) mass is 352 g/mol. The number of likely N-dealkylation sites (N-methyl/N-ethyl adjacent to an activating group) is 1. The number of urea groups is 1. The van der Waals surface area contributed by atoms with Gasteiger partial charge in [-0.3, -0.25) is 14.5 Å². The predicted molar refractivity (Wildman–Crippen MR) is 94.7 cm³/mol. The van der Waals surface area contributed by atoms with E-state index in [9.17, 15) is 19.5 Å². The fourth-order valence-corrected chi connectivity index (χ4v) is 2.61. The third-order valence-corrected chi connectivity index (χ3v) is 3.98. The Hall–Kier alpha value is -3.61. The van der Waals surface area contributed by atoms with Crippen molar-refractivity contribution < 1.29 is 24.2 Å². The number of phenols is 1. The van der Waals surface area contributed by atoms with Gasteiger partial charge in [0.1, 0.15) is 5.57 Å². The highest BCUT2D eigenvalue weighted by Crippen LogP contribution is 2.29. The van der Waals surface area contributed by atoms with Crippen LogP contribution in [0.2, 0.25) is 0 Å². The summed E-state index contributed by atoms with van der Waals surface area (Å²) in [5.41, 5.74) is 0.613. The maximum atomic E-state index is 12.8. The van der Waals surface area contributed by atoms with Crippen molar-refractivity contribution in [3.63, 3.8) is 0 Å². The van der Waals surface area contributed by atoms with E-state index in [-0.39, 0.29) is 17.1 Å². The molecule has 1 fully saturated rings. The number of anilines is 1. The zero-order valence-corrected chi connectivity index (χ0v) is 14.2. The number of barbiturate groups is 1. The van der Waals surface area contributed by atoms with Crippen molar-refractivity contribution in [2.24, 2.45) is 0 Å². The Morgan fingerprint density at radius 2 is 1.69 bits per heavy atom. The van der Waals surface area contributed by atoms with Gasteiger partial charge in [0, 0.05) is 7.05 Å². The van der Waals surface area contributed by atoms with Crippen LogP contribution in [0.5, 0.6) is 11.5 Å². The zero-order valence-electron chi connectivity index (χ0n) is 14.2. The summed E-state index contributed by atoms with van der Waals surface area (Å²) in [6, 6.07) is 12.1. The van der Waals surface area contributed by atoms with Crippen LogP contribution >= 0.6 is 0 Å². The summed E-state index contributed by atoms with van der Waals surface area (Å²) in [7, 11) is 2.73. The lowest BCUT2D eigenvalue weighted by Gasteiger charge is -2.31. The fourth-order valence-electron chi connectivity index (χ4n) is 2.61. The standard InChI is InChI=1S/C19H16N2O5/c1-20-17(23)14(10-12-8-9-16(26-2)15(22)11-12)18(24)21(19(20)25)13-6-4-3-5-7-13/h3-11,22H,1-2H3/b14-10-. The number of rotatable bonds is 3. The molecule has 7 heteroatoms. The summed E-state index contributed by atoms with van der Waals surface area (Å²) >= 11 is 0. The lowest BCUT2D eigenvalue weighted by Crippen LogP contribution is -2.55. The van der Waals surface area contributed by atoms with Crippen LogP contribution < -0.4 is 9.64 Å². The number of ether oxygens (including phenoxy) is 1. The van der Waals surface area contributed by atoms with E-state index in [1.807, 2.05) is 0 Å². The van der Waals surface area contributed by atoms with Gasteiger partial charge in [-0.1, -0.05) is 24.3 Å². The second kappa shape index (κ2) is 6.72. The normalized spacial score (nSPS) is 16.4. The van der Waals surface area contributed by atoms with Crippen LogP contribution in [0.25, 0.3) is 6.08 Å². The maximum Gasteiger partial charge on any atom is 0.338 e. The highest BCUT2D eigenvalue weighted by Gasteiger charge is 2.40. The van der Waals surface area contributed by atoms with Crippen LogP contribution in [0.4, 0.5) is 10.5 Å². The molecule has 0 unspecified atom stereocenters. The van der Waals surface area contributed by atoms with E-state index in [1.165, 1.54) is 32.4 Å². The summed E-state index contributed by atoms with van der Waals surface area (Å²) in [4.78, 5) is 39.5. The predicted octanol–water partition coefficient (Wildman–Crippen LogP) is 2.41. The number of carbonyl (C=O) groups is 3. The molecule has 7 nitrogen and oxygen atoms in total. The first-order valence-corrected chi connectivity index (χ1v) is 7.74. The average molecular weight is 352 g/mol. The van der Waals surface area contributed by atoms with Crippen molar-refractivity contribution in [1.82, 2.24) is 4.90 Å². The van der Waals surface area contributed by atoms with Crippen LogP contribution in [0.1, 0.15) is 5.56 Å². The lowest BCUT2D eigenvalue weighted by atomic mass is 10.1. The molecule has 0 atom stereocenters. The molecule has 0 bridgehead atoms. The van der Waals surface area contributed by atoms with E-state index < -0.39 is 17.8 Å². The molecule has 0 spiro atoms. The van der Waals surface area contributed by atoms with E-state index in [4.69, 9.17) is 4.74 Å². The number of aromatic hydroxyl groups is 1. The highest BCUT2D eigenvalue weighted by atomic mass is 16.5. The first-order valence-electron chi connectivity index (χ1n) is 7.74. The molecule has 1 saturated heterocycles. The van der Waals surface area contributed by atoms with Gasteiger partial charge in [-0.05, 0) is 35.9 Å². The maximum absolute atomic E-state index is 12.8. The van der Waals surface area contributed by atoms with Crippen molar-refractivity contribution >= 4 is 29.6 Å². The Balaban J connectivity index is 2.05. The molecule has 1 N–H and O–H groups in total. The summed E-state index contributed by atoms with van der Waals surface area (Å²) in [6.45, 7) is 0. The third-order valence-electron chi connectivity index (χ3n) is 3.98. The Labute approximate surface area is 149 Å². The largest absolute Gasteiger partial charge is 0.504 e. The number of phenolic OH excluding ortho intramolecular Hbond substituents is 1. The van der Waals surface area contributed by atoms with Gasteiger partial charge in [-0.2, -0.15) is 0 Å². The molecule has 0 radical (unpaired) electrons. The first kappa shape index (κ1) is 17.2. The second-order valence-corrected chi connectivity index (χ2v) is 5.61. The van der Waals surface area contributed by atoms with Crippen molar-refractivity contribution in [1.29, 1.82) is 0 Å². The van der Waals surface area contributed by atoms with Gasteiger partial charge < -0.3 is 9.84 Å². The molecule has 2 aromatic rings. The summed E-state index contributed by atoms with van der Waals surface area (Å²) in [5, 5.41) is 9.88. The molecule has 132 valence electrons. The molecule has 0 saturated carbocycles. The Morgan fingerprint density at radius 1 is 1.00 bits per heavy atom. The molecular formula is C19H16N2O5.